The molecule has 7 heteroatoms. The van der Waals surface area contributed by atoms with Gasteiger partial charge in [-0.05, 0) is 60.9 Å². The van der Waals surface area contributed by atoms with E-state index in [0.29, 0.717) is 16.3 Å². The Bertz CT molecular complexity index is 1180. The molecule has 2 N–H and O–H groups in total. The van der Waals surface area contributed by atoms with E-state index < -0.39 is 0 Å². The largest absolute Gasteiger partial charge is 0.320 e. The molecule has 0 unspecified atom stereocenters. The summed E-state index contributed by atoms with van der Waals surface area (Å²) in [5.74, 6) is 0.555. The van der Waals surface area contributed by atoms with E-state index in [-0.39, 0.29) is 5.91 Å². The number of hydrogen-bond acceptors (Lipinski definition) is 5. The van der Waals surface area contributed by atoms with Gasteiger partial charge in [0.15, 0.2) is 5.13 Å². The number of aromatic nitrogens is 2. The van der Waals surface area contributed by atoms with Gasteiger partial charge in [0.25, 0.3) is 5.91 Å². The Kier molecular flexibility index (Phi) is 5.47. The quantitative estimate of drug-likeness (QED) is 0.401. The average Bonchev–Trinajstić information content (AvgIpc) is 3.12. The first kappa shape index (κ1) is 19.4. The van der Waals surface area contributed by atoms with Crippen LogP contribution in [0.4, 0.5) is 16.6 Å². The van der Waals surface area contributed by atoms with Crippen molar-refractivity contribution in [3.8, 4) is 0 Å². The van der Waals surface area contributed by atoms with E-state index in [0.717, 1.165) is 33.2 Å². The second kappa shape index (κ2) is 8.19. The van der Waals surface area contributed by atoms with Crippen molar-refractivity contribution in [1.82, 2.24) is 9.97 Å². The third kappa shape index (κ3) is 4.23. The lowest BCUT2D eigenvalue weighted by Gasteiger charge is -2.10. The Labute approximate surface area is 177 Å². The molecule has 29 heavy (non-hydrogen) atoms. The van der Waals surface area contributed by atoms with Crippen LogP contribution in [-0.4, -0.2) is 15.9 Å². The van der Waals surface area contributed by atoms with Crippen LogP contribution in [0.15, 0.2) is 54.7 Å². The van der Waals surface area contributed by atoms with Gasteiger partial charge in [0, 0.05) is 11.8 Å². The van der Waals surface area contributed by atoms with Gasteiger partial charge in [0.2, 0.25) is 0 Å². The van der Waals surface area contributed by atoms with Crippen LogP contribution in [0.3, 0.4) is 0 Å². The fraction of sp³-hybridized carbons (Fsp3) is 0.136. The Hall–Kier alpha value is -2.96. The van der Waals surface area contributed by atoms with Crippen molar-refractivity contribution in [2.24, 2.45) is 0 Å². The second-order valence-corrected chi connectivity index (χ2v) is 8.05. The number of para-hydroxylation sites is 1. The van der Waals surface area contributed by atoms with Gasteiger partial charge >= 0.3 is 0 Å². The summed E-state index contributed by atoms with van der Waals surface area (Å²) in [5, 5.41) is 7.41. The van der Waals surface area contributed by atoms with Gasteiger partial charge in [-0.2, -0.15) is 0 Å². The predicted molar refractivity (Wildman–Crippen MR) is 121 cm³/mol. The van der Waals surface area contributed by atoms with Crippen molar-refractivity contribution in [3.63, 3.8) is 0 Å². The summed E-state index contributed by atoms with van der Waals surface area (Å²) in [6.45, 7) is 4.01. The van der Waals surface area contributed by atoms with Gasteiger partial charge in [-0.3, -0.25) is 4.79 Å². The molecule has 0 fully saturated rings. The molecule has 0 aliphatic rings. The zero-order valence-electron chi connectivity index (χ0n) is 16.0. The van der Waals surface area contributed by atoms with Crippen LogP contribution in [0.1, 0.15) is 28.4 Å². The predicted octanol–water partition coefficient (Wildman–Crippen LogP) is 6.21. The van der Waals surface area contributed by atoms with E-state index >= 15 is 0 Å². The Balaban J connectivity index is 1.57. The molecule has 0 aliphatic heterocycles. The molecule has 0 saturated carbocycles. The average molecular weight is 423 g/mol. The number of benzene rings is 2. The molecule has 2 heterocycles. The topological polar surface area (TPSA) is 66.9 Å². The maximum absolute atomic E-state index is 12.7. The number of anilines is 3. The summed E-state index contributed by atoms with van der Waals surface area (Å²) < 4.78 is 0.919. The van der Waals surface area contributed by atoms with Gasteiger partial charge < -0.3 is 10.6 Å². The molecular weight excluding hydrogens is 404 g/mol. The first-order valence-corrected chi connectivity index (χ1v) is 10.4. The van der Waals surface area contributed by atoms with Crippen LogP contribution in [-0.2, 0) is 6.42 Å². The number of carbonyl (C=O) groups is 1. The smallest absolute Gasteiger partial charge is 0.255 e. The van der Waals surface area contributed by atoms with E-state index in [2.05, 4.69) is 27.5 Å². The van der Waals surface area contributed by atoms with Crippen LogP contribution in [0.5, 0.6) is 0 Å². The summed E-state index contributed by atoms with van der Waals surface area (Å²) in [6, 6.07) is 15.0. The van der Waals surface area contributed by atoms with Gasteiger partial charge in [-0.1, -0.05) is 42.0 Å². The summed E-state index contributed by atoms with van der Waals surface area (Å²) in [7, 11) is 0. The lowest BCUT2D eigenvalue weighted by molar-refractivity contribution is 0.102. The highest BCUT2D eigenvalue weighted by Gasteiger charge is 2.13. The number of pyridine rings is 1. The molecule has 0 bridgehead atoms. The normalized spacial score (nSPS) is 10.9. The van der Waals surface area contributed by atoms with Crippen LogP contribution < -0.4 is 10.6 Å². The van der Waals surface area contributed by atoms with Crippen molar-refractivity contribution < 1.29 is 4.79 Å². The van der Waals surface area contributed by atoms with E-state index in [9.17, 15) is 4.79 Å². The van der Waals surface area contributed by atoms with E-state index in [1.807, 2.05) is 43.3 Å². The number of nitrogens with zero attached hydrogens (tertiary/aromatic N) is 2. The number of nitrogens with one attached hydrogen (secondary N) is 2. The zero-order valence-corrected chi connectivity index (χ0v) is 17.6. The number of fused-ring (bicyclic) bond motifs is 1. The molecule has 5 nitrogen and oxygen atoms in total. The van der Waals surface area contributed by atoms with Crippen LogP contribution in [0.25, 0.3) is 10.2 Å². The molecular formula is C22H19ClN4OS. The minimum atomic E-state index is -0.205. The maximum Gasteiger partial charge on any atom is 0.255 e. The number of thiazole rings is 1. The molecule has 2 aromatic heterocycles. The number of halogens is 1. The van der Waals surface area contributed by atoms with E-state index in [1.54, 1.807) is 18.3 Å². The molecule has 0 atom stereocenters. The Morgan fingerprint density at radius 3 is 2.83 bits per heavy atom. The van der Waals surface area contributed by atoms with Crippen molar-refractivity contribution in [2.45, 2.75) is 20.3 Å². The minimum Gasteiger partial charge on any atom is -0.320 e. The fourth-order valence-corrected chi connectivity index (χ4v) is 4.15. The minimum absolute atomic E-state index is 0.205. The number of carbonyl (C=O) groups excluding carboxylic acids is 1. The van der Waals surface area contributed by atoms with Gasteiger partial charge in [0.05, 0.1) is 20.9 Å². The van der Waals surface area contributed by atoms with Crippen molar-refractivity contribution in [3.05, 3.63) is 76.4 Å². The first-order chi connectivity index (χ1) is 14.0. The molecule has 0 radical (unpaired) electrons. The van der Waals surface area contributed by atoms with Gasteiger partial charge in [-0.15, -0.1) is 0 Å². The van der Waals surface area contributed by atoms with E-state index in [1.165, 1.54) is 16.9 Å². The maximum atomic E-state index is 12.7. The SMILES string of the molecule is CCc1ccnc(Nc2nc3ccc(C(=O)Nc4c(C)cccc4Cl)cc3s2)c1. The Morgan fingerprint density at radius 1 is 1.17 bits per heavy atom. The Morgan fingerprint density at radius 2 is 2.03 bits per heavy atom. The van der Waals surface area contributed by atoms with Gasteiger partial charge in [-0.25, -0.2) is 9.97 Å². The van der Waals surface area contributed by atoms with Crippen LogP contribution in [0.2, 0.25) is 5.02 Å². The molecule has 0 aliphatic carbocycles. The third-order valence-corrected chi connectivity index (χ3v) is 5.83. The highest BCUT2D eigenvalue weighted by molar-refractivity contribution is 7.22. The fourth-order valence-electron chi connectivity index (χ4n) is 2.97. The number of rotatable bonds is 5. The molecule has 0 saturated heterocycles. The van der Waals surface area contributed by atoms with Crippen molar-refractivity contribution >= 4 is 55.7 Å². The third-order valence-electron chi connectivity index (χ3n) is 4.58. The molecule has 2 aromatic carbocycles. The number of hydrogen-bond donors (Lipinski definition) is 2. The lowest BCUT2D eigenvalue weighted by Crippen LogP contribution is -2.13. The van der Waals surface area contributed by atoms with Crippen LogP contribution in [0, 0.1) is 6.92 Å². The number of amides is 1. The van der Waals surface area contributed by atoms with Crippen molar-refractivity contribution in [2.75, 3.05) is 10.6 Å². The van der Waals surface area contributed by atoms with E-state index in [4.69, 9.17) is 11.6 Å². The molecule has 4 rings (SSSR count). The highest BCUT2D eigenvalue weighted by atomic mass is 35.5. The van der Waals surface area contributed by atoms with Gasteiger partial charge in [0.1, 0.15) is 5.82 Å². The molecule has 146 valence electrons. The molecule has 1 amide bonds. The molecule has 4 aromatic rings. The highest BCUT2D eigenvalue weighted by Crippen LogP contribution is 2.30. The lowest BCUT2D eigenvalue weighted by atomic mass is 10.1. The summed E-state index contributed by atoms with van der Waals surface area (Å²) in [4.78, 5) is 21.7. The van der Waals surface area contributed by atoms with Crippen LogP contribution >= 0.6 is 22.9 Å². The summed E-state index contributed by atoms with van der Waals surface area (Å²) in [6.07, 6.45) is 2.73. The van der Waals surface area contributed by atoms with Crippen molar-refractivity contribution in [1.29, 1.82) is 0 Å². The zero-order chi connectivity index (χ0) is 20.4. The summed E-state index contributed by atoms with van der Waals surface area (Å²) >= 11 is 7.70. The molecule has 0 spiro atoms. The second-order valence-electron chi connectivity index (χ2n) is 6.62. The standard InChI is InChI=1S/C22H19ClN4OS/c1-3-14-9-10-24-19(11-14)26-22-25-17-8-7-15(12-18(17)29-22)21(28)27-20-13(2)5-4-6-16(20)23/h4-12H,3H2,1-2H3,(H,27,28)(H,24,25,26). The summed E-state index contributed by atoms with van der Waals surface area (Å²) in [5.41, 5.74) is 4.14. The first-order valence-electron chi connectivity index (χ1n) is 9.22. The monoisotopic (exact) mass is 422 g/mol. The number of aryl methyl sites for hydroxylation is 2.